The van der Waals surface area contributed by atoms with Crippen LogP contribution in [0.4, 0.5) is 0 Å². The smallest absolute Gasteiger partial charge is 0.115 e. The van der Waals surface area contributed by atoms with Gasteiger partial charge in [0.1, 0.15) is 6.33 Å². The van der Waals surface area contributed by atoms with Crippen LogP contribution in [0.25, 0.3) is 0 Å². The molecule has 1 heterocycles. The Morgan fingerprint density at radius 1 is 1.46 bits per heavy atom. The van der Waals surface area contributed by atoms with E-state index in [2.05, 4.69) is 9.97 Å². The van der Waals surface area contributed by atoms with Crippen molar-refractivity contribution in [2.24, 2.45) is 11.1 Å². The first-order chi connectivity index (χ1) is 6.28. The lowest BCUT2D eigenvalue weighted by Gasteiger charge is -2.19. The topological polar surface area (TPSA) is 72.0 Å². The number of aromatic nitrogens is 2. The molecule has 0 spiro atoms. The lowest BCUT2D eigenvalue weighted by atomic mass is 9.95. The third-order valence-electron chi connectivity index (χ3n) is 2.78. The van der Waals surface area contributed by atoms with Crippen molar-refractivity contribution < 1.29 is 5.11 Å². The van der Waals surface area contributed by atoms with Crippen LogP contribution in [0.2, 0.25) is 0 Å². The number of nitrogens with zero attached hydrogens (tertiary/aromatic N) is 2. The normalized spacial score (nSPS) is 21.1. The van der Waals surface area contributed by atoms with Crippen LogP contribution in [-0.2, 0) is 0 Å². The summed E-state index contributed by atoms with van der Waals surface area (Å²) >= 11 is 0. The molecule has 1 aromatic rings. The standard InChI is InChI=1S/C9H13N3O/c10-5-9(1-2-9)8(13)7-3-11-6-12-4-7/h3-4,6,8,13H,1-2,5,10H2. The highest BCUT2D eigenvalue weighted by Gasteiger charge is 2.48. The molecule has 70 valence electrons. The summed E-state index contributed by atoms with van der Waals surface area (Å²) in [5, 5.41) is 9.95. The molecule has 4 nitrogen and oxygen atoms in total. The summed E-state index contributed by atoms with van der Waals surface area (Å²) in [6, 6.07) is 0. The molecule has 1 saturated carbocycles. The molecule has 0 amide bonds. The lowest BCUT2D eigenvalue weighted by Crippen LogP contribution is -2.23. The van der Waals surface area contributed by atoms with E-state index in [4.69, 9.17) is 5.73 Å². The highest BCUT2D eigenvalue weighted by atomic mass is 16.3. The van der Waals surface area contributed by atoms with E-state index < -0.39 is 6.10 Å². The van der Waals surface area contributed by atoms with Gasteiger partial charge in [0.25, 0.3) is 0 Å². The summed E-state index contributed by atoms with van der Waals surface area (Å²) in [6.07, 6.45) is 6.25. The fourth-order valence-electron chi connectivity index (χ4n) is 1.56. The van der Waals surface area contributed by atoms with Gasteiger partial charge in [-0.05, 0) is 12.8 Å². The Morgan fingerprint density at radius 2 is 2.08 bits per heavy atom. The first-order valence-corrected chi connectivity index (χ1v) is 4.41. The Morgan fingerprint density at radius 3 is 2.54 bits per heavy atom. The molecule has 0 aromatic carbocycles. The molecule has 1 fully saturated rings. The summed E-state index contributed by atoms with van der Waals surface area (Å²) in [6.45, 7) is 0.531. The molecule has 3 N–H and O–H groups in total. The van der Waals surface area contributed by atoms with Crippen molar-refractivity contribution in [3.05, 3.63) is 24.3 Å². The Kier molecular flexibility index (Phi) is 2.01. The van der Waals surface area contributed by atoms with Crippen LogP contribution < -0.4 is 5.73 Å². The van der Waals surface area contributed by atoms with E-state index in [0.29, 0.717) is 6.54 Å². The van der Waals surface area contributed by atoms with Gasteiger partial charge in [0.15, 0.2) is 0 Å². The second kappa shape index (κ2) is 3.05. The zero-order chi connectivity index (χ0) is 9.31. The van der Waals surface area contributed by atoms with Crippen LogP contribution in [0.3, 0.4) is 0 Å². The first-order valence-electron chi connectivity index (χ1n) is 4.41. The first kappa shape index (κ1) is 8.59. The Labute approximate surface area is 76.8 Å². The van der Waals surface area contributed by atoms with Crippen molar-refractivity contribution in [2.75, 3.05) is 6.54 Å². The fourth-order valence-corrected chi connectivity index (χ4v) is 1.56. The Hall–Kier alpha value is -1.00. The van der Waals surface area contributed by atoms with Gasteiger partial charge in [-0.15, -0.1) is 0 Å². The van der Waals surface area contributed by atoms with Gasteiger partial charge in [0, 0.05) is 29.9 Å². The molecular weight excluding hydrogens is 166 g/mol. The highest BCUT2D eigenvalue weighted by molar-refractivity contribution is 5.15. The van der Waals surface area contributed by atoms with Crippen molar-refractivity contribution in [1.29, 1.82) is 0 Å². The van der Waals surface area contributed by atoms with Crippen molar-refractivity contribution in [3.63, 3.8) is 0 Å². The number of aliphatic hydroxyl groups is 1. The monoisotopic (exact) mass is 179 g/mol. The lowest BCUT2D eigenvalue weighted by molar-refractivity contribution is 0.0968. The maximum atomic E-state index is 9.95. The fraction of sp³-hybridized carbons (Fsp3) is 0.556. The molecule has 1 aliphatic rings. The zero-order valence-electron chi connectivity index (χ0n) is 7.35. The van der Waals surface area contributed by atoms with E-state index in [-0.39, 0.29) is 5.41 Å². The summed E-state index contributed by atoms with van der Waals surface area (Å²) in [4.78, 5) is 7.74. The van der Waals surface area contributed by atoms with E-state index >= 15 is 0 Å². The molecule has 4 heteroatoms. The minimum atomic E-state index is -0.501. The van der Waals surface area contributed by atoms with E-state index in [1.54, 1.807) is 12.4 Å². The molecule has 1 atom stereocenters. The average Bonchev–Trinajstić information content (AvgIpc) is 2.99. The van der Waals surface area contributed by atoms with Crippen molar-refractivity contribution in [3.8, 4) is 0 Å². The van der Waals surface area contributed by atoms with E-state index in [0.717, 1.165) is 18.4 Å². The van der Waals surface area contributed by atoms with Gasteiger partial charge in [-0.25, -0.2) is 9.97 Å². The van der Waals surface area contributed by atoms with Crippen LogP contribution in [0.5, 0.6) is 0 Å². The molecule has 2 rings (SSSR count). The number of nitrogens with two attached hydrogens (primary N) is 1. The molecule has 0 radical (unpaired) electrons. The predicted octanol–water partition coefficient (Wildman–Crippen LogP) is 0.249. The van der Waals surface area contributed by atoms with Gasteiger partial charge in [0.05, 0.1) is 6.10 Å². The highest BCUT2D eigenvalue weighted by Crippen LogP contribution is 2.53. The quantitative estimate of drug-likeness (QED) is 0.697. The van der Waals surface area contributed by atoms with Gasteiger partial charge in [-0.3, -0.25) is 0 Å². The minimum absolute atomic E-state index is 0.0925. The summed E-state index contributed by atoms with van der Waals surface area (Å²) in [5.41, 5.74) is 6.28. The molecule has 13 heavy (non-hydrogen) atoms. The van der Waals surface area contributed by atoms with E-state index in [1.807, 2.05) is 0 Å². The third kappa shape index (κ3) is 1.43. The van der Waals surface area contributed by atoms with E-state index in [9.17, 15) is 5.11 Å². The van der Waals surface area contributed by atoms with Crippen LogP contribution in [0.15, 0.2) is 18.7 Å². The maximum Gasteiger partial charge on any atom is 0.115 e. The molecule has 1 aliphatic carbocycles. The van der Waals surface area contributed by atoms with Crippen molar-refractivity contribution in [2.45, 2.75) is 18.9 Å². The van der Waals surface area contributed by atoms with Crippen LogP contribution >= 0.6 is 0 Å². The maximum absolute atomic E-state index is 9.95. The van der Waals surface area contributed by atoms with Gasteiger partial charge in [0.2, 0.25) is 0 Å². The largest absolute Gasteiger partial charge is 0.388 e. The summed E-state index contributed by atoms with van der Waals surface area (Å²) in [7, 11) is 0. The molecular formula is C9H13N3O. The van der Waals surface area contributed by atoms with Crippen LogP contribution in [0, 0.1) is 5.41 Å². The molecule has 0 saturated heterocycles. The number of rotatable bonds is 3. The van der Waals surface area contributed by atoms with Crippen LogP contribution in [-0.4, -0.2) is 21.6 Å². The minimum Gasteiger partial charge on any atom is -0.388 e. The molecule has 0 aliphatic heterocycles. The average molecular weight is 179 g/mol. The summed E-state index contributed by atoms with van der Waals surface area (Å²) < 4.78 is 0. The van der Waals surface area contributed by atoms with Crippen molar-refractivity contribution >= 4 is 0 Å². The van der Waals surface area contributed by atoms with E-state index in [1.165, 1.54) is 6.33 Å². The van der Waals surface area contributed by atoms with Gasteiger partial charge in [-0.1, -0.05) is 0 Å². The Bertz CT molecular complexity index is 284. The SMILES string of the molecule is NCC1(C(O)c2cncnc2)CC1. The second-order valence-corrected chi connectivity index (χ2v) is 3.64. The summed E-state index contributed by atoms with van der Waals surface area (Å²) in [5.74, 6) is 0. The Balaban J connectivity index is 2.18. The third-order valence-corrected chi connectivity index (χ3v) is 2.78. The second-order valence-electron chi connectivity index (χ2n) is 3.64. The zero-order valence-corrected chi connectivity index (χ0v) is 7.35. The van der Waals surface area contributed by atoms with Gasteiger partial charge >= 0.3 is 0 Å². The number of hydrogen-bond acceptors (Lipinski definition) is 4. The molecule has 0 bridgehead atoms. The van der Waals surface area contributed by atoms with Gasteiger partial charge < -0.3 is 10.8 Å². The van der Waals surface area contributed by atoms with Crippen LogP contribution in [0.1, 0.15) is 24.5 Å². The van der Waals surface area contributed by atoms with Gasteiger partial charge in [-0.2, -0.15) is 0 Å². The van der Waals surface area contributed by atoms with Crippen molar-refractivity contribution in [1.82, 2.24) is 9.97 Å². The predicted molar refractivity (Wildman–Crippen MR) is 47.7 cm³/mol. The molecule has 1 aromatic heterocycles. The molecule has 1 unspecified atom stereocenters. The number of hydrogen-bond donors (Lipinski definition) is 2. The number of aliphatic hydroxyl groups excluding tert-OH is 1.